The molecular formula is C57H108N2O6P+. The minimum absolute atomic E-state index is 0.0515. The van der Waals surface area contributed by atoms with Crippen LogP contribution in [0.2, 0.25) is 0 Å². The topological polar surface area (TPSA) is 105 Å². The molecule has 1 amide bonds. The van der Waals surface area contributed by atoms with E-state index >= 15 is 0 Å². The Morgan fingerprint density at radius 2 is 0.879 bits per heavy atom. The molecule has 0 saturated heterocycles. The Bertz CT molecular complexity index is 1260. The number of carbonyl (C=O) groups excluding carboxylic acids is 1. The van der Waals surface area contributed by atoms with Crippen molar-refractivity contribution in [1.82, 2.24) is 5.32 Å². The number of amides is 1. The van der Waals surface area contributed by atoms with Gasteiger partial charge in [0, 0.05) is 6.42 Å². The molecule has 3 unspecified atom stereocenters. The molecule has 0 fully saturated rings. The van der Waals surface area contributed by atoms with Gasteiger partial charge in [-0.05, 0) is 77.0 Å². The van der Waals surface area contributed by atoms with E-state index in [-0.39, 0.29) is 19.1 Å². The summed E-state index contributed by atoms with van der Waals surface area (Å²) in [4.78, 5) is 23.3. The molecule has 3 N–H and O–H groups in total. The number of phosphoric acid groups is 1. The Morgan fingerprint density at radius 1 is 0.515 bits per heavy atom. The van der Waals surface area contributed by atoms with E-state index < -0.39 is 20.0 Å². The number of nitrogens with zero attached hydrogens (tertiary/aromatic N) is 1. The molecular weight excluding hydrogens is 840 g/mol. The smallest absolute Gasteiger partial charge is 0.387 e. The van der Waals surface area contributed by atoms with Crippen LogP contribution in [0.25, 0.3) is 0 Å². The number of phosphoric ester groups is 1. The summed E-state index contributed by atoms with van der Waals surface area (Å²) in [5, 5.41) is 13.9. The van der Waals surface area contributed by atoms with Gasteiger partial charge in [-0.3, -0.25) is 13.8 Å². The van der Waals surface area contributed by atoms with Crippen LogP contribution in [0.1, 0.15) is 245 Å². The molecule has 0 aromatic heterocycles. The minimum Gasteiger partial charge on any atom is -0.387 e. The van der Waals surface area contributed by atoms with E-state index in [0.29, 0.717) is 17.4 Å². The average molecular weight is 948 g/mol. The van der Waals surface area contributed by atoms with Crippen molar-refractivity contribution in [2.75, 3.05) is 40.9 Å². The number of carbonyl (C=O) groups is 1. The first kappa shape index (κ1) is 64.2. The van der Waals surface area contributed by atoms with Crippen LogP contribution in [0.3, 0.4) is 0 Å². The first-order valence-electron chi connectivity index (χ1n) is 27.7. The molecule has 9 heteroatoms. The van der Waals surface area contributed by atoms with Gasteiger partial charge >= 0.3 is 7.82 Å². The largest absolute Gasteiger partial charge is 0.472 e. The first-order chi connectivity index (χ1) is 32.0. The fourth-order valence-corrected chi connectivity index (χ4v) is 8.55. The highest BCUT2D eigenvalue weighted by Crippen LogP contribution is 2.43. The third-order valence-corrected chi connectivity index (χ3v) is 13.2. The highest BCUT2D eigenvalue weighted by Gasteiger charge is 2.27. The monoisotopic (exact) mass is 948 g/mol. The summed E-state index contributed by atoms with van der Waals surface area (Å²) in [7, 11) is 1.54. The molecule has 0 aromatic carbocycles. The number of hydrogen-bond acceptors (Lipinski definition) is 5. The number of quaternary nitrogens is 1. The second-order valence-electron chi connectivity index (χ2n) is 19.9. The number of unbranched alkanes of at least 4 members (excludes halogenated alkanes) is 29. The number of aliphatic hydroxyl groups is 1. The Morgan fingerprint density at radius 3 is 1.30 bits per heavy atom. The van der Waals surface area contributed by atoms with Gasteiger partial charge in [0.05, 0.1) is 39.9 Å². The molecule has 0 saturated carbocycles. The molecule has 3 atom stereocenters. The molecule has 66 heavy (non-hydrogen) atoms. The Balaban J connectivity index is 4.26. The Hall–Kier alpha value is -1.80. The van der Waals surface area contributed by atoms with E-state index in [4.69, 9.17) is 9.05 Å². The second kappa shape index (κ2) is 48.2. The normalized spacial score (nSPS) is 14.5. The van der Waals surface area contributed by atoms with Gasteiger partial charge in [-0.15, -0.1) is 0 Å². The summed E-state index contributed by atoms with van der Waals surface area (Å²) in [6.07, 6.45) is 64.6. The first-order valence-corrected chi connectivity index (χ1v) is 29.2. The quantitative estimate of drug-likeness (QED) is 0.0243. The van der Waals surface area contributed by atoms with Crippen LogP contribution < -0.4 is 5.32 Å². The molecule has 0 rings (SSSR count). The van der Waals surface area contributed by atoms with Crippen molar-refractivity contribution in [3.63, 3.8) is 0 Å². The molecule has 0 heterocycles. The third kappa shape index (κ3) is 50.1. The van der Waals surface area contributed by atoms with E-state index in [1.54, 1.807) is 6.08 Å². The number of rotatable bonds is 50. The van der Waals surface area contributed by atoms with Gasteiger partial charge in [0.2, 0.25) is 5.91 Å². The van der Waals surface area contributed by atoms with Crippen LogP contribution >= 0.6 is 7.82 Å². The van der Waals surface area contributed by atoms with Crippen LogP contribution in [0.4, 0.5) is 0 Å². The van der Waals surface area contributed by atoms with Gasteiger partial charge < -0.3 is 19.8 Å². The molecule has 0 aliphatic carbocycles. The molecule has 8 nitrogen and oxygen atoms in total. The minimum atomic E-state index is -4.36. The second-order valence-corrected chi connectivity index (χ2v) is 21.4. The number of aliphatic hydroxyl groups excluding tert-OH is 1. The number of allylic oxidation sites excluding steroid dienone is 9. The zero-order valence-corrected chi connectivity index (χ0v) is 44.8. The van der Waals surface area contributed by atoms with E-state index in [1.807, 2.05) is 27.2 Å². The maximum Gasteiger partial charge on any atom is 0.472 e. The lowest BCUT2D eigenvalue weighted by Gasteiger charge is -2.25. The lowest BCUT2D eigenvalue weighted by Crippen LogP contribution is -2.45. The lowest BCUT2D eigenvalue weighted by atomic mass is 10.0. The summed E-state index contributed by atoms with van der Waals surface area (Å²) >= 11 is 0. The maximum atomic E-state index is 13.0. The van der Waals surface area contributed by atoms with Gasteiger partial charge in [-0.1, -0.05) is 222 Å². The molecule has 386 valence electrons. The van der Waals surface area contributed by atoms with Gasteiger partial charge in [-0.2, -0.15) is 0 Å². The van der Waals surface area contributed by atoms with Crippen LogP contribution in [0.15, 0.2) is 60.8 Å². The summed E-state index contributed by atoms with van der Waals surface area (Å²) in [6.45, 7) is 4.79. The molecule has 0 aliphatic rings. The van der Waals surface area contributed by atoms with Crippen molar-refractivity contribution in [2.24, 2.45) is 0 Å². The summed E-state index contributed by atoms with van der Waals surface area (Å²) in [5.41, 5.74) is 0. The Labute approximate surface area is 409 Å². The Kier molecular flexibility index (Phi) is 46.9. The van der Waals surface area contributed by atoms with Gasteiger partial charge in [-0.25, -0.2) is 4.57 Å². The molecule has 0 spiro atoms. The standard InChI is InChI=1S/C57H107N2O6P/c1-6-8-10-12-14-16-18-20-22-24-25-26-27-28-29-30-31-32-33-35-37-39-41-43-45-47-49-51-57(61)58-55(54-65-66(62,63)64-53-52-59(3,4)5)56(60)50-48-46-44-42-40-38-36-34-23-21-19-17-15-13-11-9-7-2/h23,25-26,28-29,34,40,42,48,50,55-56,60H,6-22,24,27,30-33,35-39,41,43-47,49,51-54H2,1-5H3,(H-,58,61,62,63)/p+1/b26-25-,29-28-,34-23+,42-40+,50-48+. The zero-order valence-electron chi connectivity index (χ0n) is 43.9. The van der Waals surface area contributed by atoms with Crippen molar-refractivity contribution in [3.8, 4) is 0 Å². The van der Waals surface area contributed by atoms with Crippen LogP contribution in [0, 0.1) is 0 Å². The molecule has 0 aliphatic heterocycles. The van der Waals surface area contributed by atoms with E-state index in [1.165, 1.54) is 173 Å². The van der Waals surface area contributed by atoms with Gasteiger partial charge in [0.25, 0.3) is 0 Å². The predicted molar refractivity (Wildman–Crippen MR) is 286 cm³/mol. The molecule has 0 radical (unpaired) electrons. The predicted octanol–water partition coefficient (Wildman–Crippen LogP) is 16.5. The molecule has 0 aromatic rings. The number of nitrogens with one attached hydrogen (secondary N) is 1. The van der Waals surface area contributed by atoms with Gasteiger partial charge in [0.1, 0.15) is 13.2 Å². The van der Waals surface area contributed by atoms with E-state index in [9.17, 15) is 19.4 Å². The highest BCUT2D eigenvalue weighted by atomic mass is 31.2. The summed E-state index contributed by atoms with van der Waals surface area (Å²) in [6, 6.07) is -0.873. The number of likely N-dealkylation sites (N-methyl/N-ethyl adjacent to an activating group) is 1. The highest BCUT2D eigenvalue weighted by molar-refractivity contribution is 7.47. The fourth-order valence-electron chi connectivity index (χ4n) is 7.81. The summed E-state index contributed by atoms with van der Waals surface area (Å²) < 4.78 is 23.6. The van der Waals surface area contributed by atoms with Crippen molar-refractivity contribution >= 4 is 13.7 Å². The zero-order chi connectivity index (χ0) is 48.5. The van der Waals surface area contributed by atoms with Crippen molar-refractivity contribution in [1.29, 1.82) is 0 Å². The third-order valence-electron chi connectivity index (χ3n) is 12.2. The fraction of sp³-hybridized carbons (Fsp3) is 0.807. The lowest BCUT2D eigenvalue weighted by molar-refractivity contribution is -0.870. The average Bonchev–Trinajstić information content (AvgIpc) is 3.28. The van der Waals surface area contributed by atoms with Crippen molar-refractivity contribution in [3.05, 3.63) is 60.8 Å². The van der Waals surface area contributed by atoms with Crippen molar-refractivity contribution < 1.29 is 32.9 Å². The van der Waals surface area contributed by atoms with Gasteiger partial charge in [0.15, 0.2) is 0 Å². The van der Waals surface area contributed by atoms with E-state index in [2.05, 4.69) is 67.8 Å². The van der Waals surface area contributed by atoms with Crippen LogP contribution in [-0.4, -0.2) is 73.4 Å². The number of hydrogen-bond donors (Lipinski definition) is 3. The van der Waals surface area contributed by atoms with Crippen LogP contribution in [-0.2, 0) is 18.4 Å². The molecule has 0 bridgehead atoms. The van der Waals surface area contributed by atoms with Crippen LogP contribution in [0.5, 0.6) is 0 Å². The summed E-state index contributed by atoms with van der Waals surface area (Å²) in [5.74, 6) is -0.193. The van der Waals surface area contributed by atoms with Crippen molar-refractivity contribution in [2.45, 2.75) is 257 Å². The van der Waals surface area contributed by atoms with E-state index in [0.717, 1.165) is 51.4 Å². The maximum absolute atomic E-state index is 13.0. The SMILES string of the molecule is CCCCCCCCC/C=C/CC/C=C/CC/C=C/C(O)C(COP(=O)(O)OCC[N+](C)(C)C)NC(=O)CCCCCCCCCCCCC/C=C\C/C=C\CCCCCCCCCCC.